The van der Waals surface area contributed by atoms with Crippen molar-refractivity contribution in [1.82, 2.24) is 20.0 Å². The Hall–Kier alpha value is -3.12. The number of nitriles is 1. The maximum Gasteiger partial charge on any atom is 0.318 e. The van der Waals surface area contributed by atoms with E-state index in [2.05, 4.69) is 10.4 Å². The number of aromatic nitrogens is 2. The highest BCUT2D eigenvalue weighted by molar-refractivity contribution is 6.31. The number of hydrogen-bond donors (Lipinski definition) is 2. The molecule has 1 aliphatic rings. The van der Waals surface area contributed by atoms with Crippen molar-refractivity contribution in [3.8, 4) is 17.3 Å². The minimum Gasteiger partial charge on any atom is -0.365 e. The number of fused-ring (bicyclic) bond motifs is 1. The first-order valence-electron chi connectivity index (χ1n) is 8.92. The number of halogens is 2. The largest absolute Gasteiger partial charge is 0.365 e. The molecule has 1 aliphatic heterocycles. The number of amides is 3. The van der Waals surface area contributed by atoms with Crippen molar-refractivity contribution in [3.05, 3.63) is 40.3 Å². The Kier molecular flexibility index (Phi) is 5.48. The number of carbonyl (C=O) groups is 2. The molecule has 3 N–H and O–H groups in total. The molecule has 3 amide bonds. The summed E-state index contributed by atoms with van der Waals surface area (Å²) in [7, 11) is 0. The fourth-order valence-electron chi connectivity index (χ4n) is 3.21. The van der Waals surface area contributed by atoms with Crippen LogP contribution in [0.4, 0.5) is 9.18 Å². The van der Waals surface area contributed by atoms with Gasteiger partial charge in [0.15, 0.2) is 0 Å². The summed E-state index contributed by atoms with van der Waals surface area (Å²) in [6.07, 6.45) is 0.159. The van der Waals surface area contributed by atoms with Crippen molar-refractivity contribution in [3.63, 3.8) is 0 Å². The van der Waals surface area contributed by atoms with Crippen LogP contribution in [0.5, 0.6) is 0 Å². The summed E-state index contributed by atoms with van der Waals surface area (Å²) in [5.41, 5.74) is 6.32. The van der Waals surface area contributed by atoms with Gasteiger partial charge >= 0.3 is 6.03 Å². The van der Waals surface area contributed by atoms with Gasteiger partial charge < -0.3 is 16.0 Å². The van der Waals surface area contributed by atoms with Gasteiger partial charge in [-0.25, -0.2) is 9.18 Å². The van der Waals surface area contributed by atoms with Crippen LogP contribution in [0.1, 0.15) is 36.3 Å². The molecule has 0 aliphatic carbocycles. The summed E-state index contributed by atoms with van der Waals surface area (Å²) in [6.45, 7) is 4.36. The number of nitrogens with two attached hydrogens (primary N) is 1. The molecule has 29 heavy (non-hydrogen) atoms. The van der Waals surface area contributed by atoms with Crippen LogP contribution in [-0.4, -0.2) is 38.7 Å². The lowest BCUT2D eigenvalue weighted by Gasteiger charge is -2.32. The van der Waals surface area contributed by atoms with Crippen molar-refractivity contribution in [1.29, 1.82) is 5.26 Å². The monoisotopic (exact) mass is 418 g/mol. The van der Waals surface area contributed by atoms with Gasteiger partial charge in [0.25, 0.3) is 5.91 Å². The fraction of sp³-hybridized carbons (Fsp3) is 0.368. The van der Waals surface area contributed by atoms with Crippen molar-refractivity contribution in [2.24, 2.45) is 5.73 Å². The molecule has 0 saturated carbocycles. The molecular formula is C19H20ClFN6O2. The molecule has 1 aromatic heterocycles. The molecule has 152 valence electrons. The van der Waals surface area contributed by atoms with Gasteiger partial charge in [-0.2, -0.15) is 10.4 Å². The molecule has 8 nitrogen and oxygen atoms in total. The standard InChI is InChI=1S/C19H20ClFN6O2/c1-19(2,5-6-22)24-18(29)26-7-8-27-14(10-26)15(17(23)28)16(25-27)11-3-4-13(21)12(20)9-11/h3-4,9H,5,7-8,10H2,1-2H3,(H2,23,28)(H,24,29). The molecule has 10 heteroatoms. The van der Waals surface area contributed by atoms with Gasteiger partial charge in [0.1, 0.15) is 11.5 Å². The molecule has 0 spiro atoms. The Morgan fingerprint density at radius 2 is 2.14 bits per heavy atom. The Morgan fingerprint density at radius 1 is 1.41 bits per heavy atom. The van der Waals surface area contributed by atoms with Gasteiger partial charge in [0.05, 0.1) is 41.9 Å². The first-order valence-corrected chi connectivity index (χ1v) is 9.29. The van der Waals surface area contributed by atoms with Gasteiger partial charge in [-0.3, -0.25) is 9.48 Å². The number of nitrogens with zero attached hydrogens (tertiary/aromatic N) is 4. The molecule has 1 aromatic carbocycles. The zero-order valence-corrected chi connectivity index (χ0v) is 16.8. The van der Waals surface area contributed by atoms with E-state index in [0.29, 0.717) is 30.0 Å². The molecule has 3 rings (SSSR count). The van der Waals surface area contributed by atoms with E-state index in [1.165, 1.54) is 23.1 Å². The summed E-state index contributed by atoms with van der Waals surface area (Å²) >= 11 is 5.86. The fourth-order valence-corrected chi connectivity index (χ4v) is 3.39. The number of primary amides is 1. The zero-order chi connectivity index (χ0) is 21.3. The summed E-state index contributed by atoms with van der Waals surface area (Å²) in [4.78, 5) is 26.3. The Labute approximate surface area is 172 Å². The lowest BCUT2D eigenvalue weighted by atomic mass is 10.0. The van der Waals surface area contributed by atoms with Crippen molar-refractivity contribution < 1.29 is 14.0 Å². The van der Waals surface area contributed by atoms with E-state index in [0.717, 1.165) is 0 Å². The van der Waals surface area contributed by atoms with Crippen LogP contribution >= 0.6 is 11.6 Å². The average Bonchev–Trinajstić information content (AvgIpc) is 3.02. The van der Waals surface area contributed by atoms with E-state index in [1.54, 1.807) is 18.5 Å². The third-order valence-corrected chi connectivity index (χ3v) is 4.96. The third-order valence-electron chi connectivity index (χ3n) is 4.67. The van der Waals surface area contributed by atoms with Crippen LogP contribution in [-0.2, 0) is 13.1 Å². The highest BCUT2D eigenvalue weighted by Gasteiger charge is 2.31. The molecule has 0 radical (unpaired) electrons. The Bertz CT molecular complexity index is 1030. The topological polar surface area (TPSA) is 117 Å². The number of hydrogen-bond acceptors (Lipinski definition) is 4. The Balaban J connectivity index is 1.93. The molecule has 0 fully saturated rings. The number of benzene rings is 1. The van der Waals surface area contributed by atoms with Gasteiger partial charge in [-0.1, -0.05) is 11.6 Å². The molecule has 2 aromatic rings. The summed E-state index contributed by atoms with van der Waals surface area (Å²) in [5.74, 6) is -1.28. The van der Waals surface area contributed by atoms with Crippen LogP contribution in [0.15, 0.2) is 18.2 Å². The average molecular weight is 419 g/mol. The minimum atomic E-state index is -0.700. The zero-order valence-electron chi connectivity index (χ0n) is 16.0. The summed E-state index contributed by atoms with van der Waals surface area (Å²) in [6, 6.07) is 5.74. The van der Waals surface area contributed by atoms with E-state index in [-0.39, 0.29) is 29.6 Å². The van der Waals surface area contributed by atoms with Crippen molar-refractivity contribution >= 4 is 23.5 Å². The molecule has 0 atom stereocenters. The van der Waals surface area contributed by atoms with Gasteiger partial charge in [-0.15, -0.1) is 0 Å². The first-order chi connectivity index (χ1) is 13.6. The predicted octanol–water partition coefficient (Wildman–Crippen LogP) is 2.66. The highest BCUT2D eigenvalue weighted by Crippen LogP contribution is 2.30. The van der Waals surface area contributed by atoms with Crippen LogP contribution in [0.2, 0.25) is 5.02 Å². The second-order valence-electron chi connectivity index (χ2n) is 7.46. The van der Waals surface area contributed by atoms with Crippen LogP contribution in [0.25, 0.3) is 11.3 Å². The molecule has 0 bridgehead atoms. The number of carbonyl (C=O) groups excluding carboxylic acids is 2. The van der Waals surface area contributed by atoms with Gasteiger partial charge in [-0.05, 0) is 32.0 Å². The van der Waals surface area contributed by atoms with E-state index >= 15 is 0 Å². The first kappa shape index (κ1) is 20.6. The van der Waals surface area contributed by atoms with E-state index < -0.39 is 17.3 Å². The smallest absolute Gasteiger partial charge is 0.318 e. The molecule has 0 saturated heterocycles. The lowest BCUT2D eigenvalue weighted by molar-refractivity contribution is 0.0997. The quantitative estimate of drug-likeness (QED) is 0.793. The van der Waals surface area contributed by atoms with Crippen LogP contribution < -0.4 is 11.1 Å². The van der Waals surface area contributed by atoms with E-state index in [1.807, 2.05) is 6.07 Å². The second kappa shape index (κ2) is 7.72. The van der Waals surface area contributed by atoms with Crippen LogP contribution in [0.3, 0.4) is 0 Å². The summed E-state index contributed by atoms with van der Waals surface area (Å²) < 4.78 is 15.1. The molecule has 0 unspecified atom stereocenters. The SMILES string of the molecule is CC(C)(CC#N)NC(=O)N1CCn2nc(-c3ccc(F)c(Cl)c3)c(C(N)=O)c2C1. The highest BCUT2D eigenvalue weighted by atomic mass is 35.5. The molecular weight excluding hydrogens is 399 g/mol. The maximum absolute atomic E-state index is 13.5. The minimum absolute atomic E-state index is 0.0929. The lowest BCUT2D eigenvalue weighted by Crippen LogP contribution is -2.51. The normalized spacial score (nSPS) is 13.6. The van der Waals surface area contributed by atoms with Crippen LogP contribution in [0, 0.1) is 17.1 Å². The number of rotatable bonds is 4. The van der Waals surface area contributed by atoms with Gasteiger partial charge in [0.2, 0.25) is 0 Å². The number of urea groups is 1. The summed E-state index contributed by atoms with van der Waals surface area (Å²) in [5, 5.41) is 16.1. The van der Waals surface area contributed by atoms with Crippen molar-refractivity contribution in [2.45, 2.75) is 38.9 Å². The van der Waals surface area contributed by atoms with Crippen molar-refractivity contribution in [2.75, 3.05) is 6.54 Å². The number of nitrogens with one attached hydrogen (secondary N) is 1. The van der Waals surface area contributed by atoms with E-state index in [4.69, 9.17) is 22.6 Å². The maximum atomic E-state index is 13.5. The third kappa shape index (κ3) is 4.17. The Morgan fingerprint density at radius 3 is 2.76 bits per heavy atom. The predicted molar refractivity (Wildman–Crippen MR) is 104 cm³/mol. The second-order valence-corrected chi connectivity index (χ2v) is 7.86. The molecule has 2 heterocycles. The van der Waals surface area contributed by atoms with E-state index in [9.17, 15) is 14.0 Å². The van der Waals surface area contributed by atoms with Gasteiger partial charge in [0, 0.05) is 17.6 Å².